The van der Waals surface area contributed by atoms with Crippen LogP contribution in [0.4, 0.5) is 18.3 Å². The monoisotopic (exact) mass is 314 g/mol. The van der Waals surface area contributed by atoms with E-state index in [2.05, 4.69) is 20.9 Å². The number of aromatic nitrogens is 1. The van der Waals surface area contributed by atoms with Crippen molar-refractivity contribution in [3.63, 3.8) is 0 Å². The molecule has 1 atom stereocenters. The van der Waals surface area contributed by atoms with Crippen molar-refractivity contribution in [2.24, 2.45) is 0 Å². The molecule has 88 valence electrons. The molecule has 8 heteroatoms. The molecule has 1 aliphatic heterocycles. The first-order valence-electron chi connectivity index (χ1n) is 4.35. The van der Waals surface area contributed by atoms with Gasteiger partial charge in [-0.05, 0) is 0 Å². The third-order valence-electron chi connectivity index (χ3n) is 2.09. The summed E-state index contributed by atoms with van der Waals surface area (Å²) >= 11 is 4.09. The van der Waals surface area contributed by atoms with Crippen LogP contribution in [0.3, 0.4) is 0 Å². The first kappa shape index (κ1) is 11.8. The van der Waals surface area contributed by atoms with E-state index >= 15 is 0 Å². The summed E-state index contributed by atoms with van der Waals surface area (Å²) in [5, 5.41) is 1.03. The minimum Gasteiger partial charge on any atom is -0.287 e. The molecule has 0 saturated carbocycles. The fraction of sp³-hybridized carbons (Fsp3) is 0.500. The molecule has 16 heavy (non-hydrogen) atoms. The molecule has 1 fully saturated rings. The molecule has 0 aliphatic carbocycles. The van der Waals surface area contributed by atoms with Gasteiger partial charge in [-0.1, -0.05) is 15.9 Å². The number of hydrogen-bond donors (Lipinski definition) is 0. The Labute approximate surface area is 101 Å². The second-order valence-corrected chi connectivity index (χ2v) is 5.45. The van der Waals surface area contributed by atoms with Crippen LogP contribution in [0.5, 0.6) is 0 Å². The second-order valence-electron chi connectivity index (χ2n) is 3.32. The van der Waals surface area contributed by atoms with Crippen LogP contribution in [0.25, 0.3) is 0 Å². The zero-order valence-corrected chi connectivity index (χ0v) is 10.2. The van der Waals surface area contributed by atoms with Crippen LogP contribution in [0, 0.1) is 0 Å². The quantitative estimate of drug-likeness (QED) is 0.747. The Balaban J connectivity index is 2.23. The van der Waals surface area contributed by atoms with Gasteiger partial charge in [0.2, 0.25) is 5.91 Å². The standard InChI is InChI=1S/C8H6BrF3N2OS/c9-4-1-6(15)14(2-4)7-13-5(3-16-7)8(10,11)12/h3-4H,1-2H2. The van der Waals surface area contributed by atoms with E-state index in [0.717, 1.165) is 16.7 Å². The van der Waals surface area contributed by atoms with Gasteiger partial charge in [0.05, 0.1) is 0 Å². The third-order valence-corrected chi connectivity index (χ3v) is 3.57. The van der Waals surface area contributed by atoms with Gasteiger partial charge in [-0.15, -0.1) is 11.3 Å². The van der Waals surface area contributed by atoms with Crippen molar-refractivity contribution in [2.45, 2.75) is 17.4 Å². The highest BCUT2D eigenvalue weighted by molar-refractivity contribution is 9.09. The van der Waals surface area contributed by atoms with Gasteiger partial charge in [0.25, 0.3) is 0 Å². The van der Waals surface area contributed by atoms with E-state index in [1.807, 2.05) is 0 Å². The van der Waals surface area contributed by atoms with Gasteiger partial charge in [-0.2, -0.15) is 13.2 Å². The molecule has 1 aliphatic rings. The smallest absolute Gasteiger partial charge is 0.287 e. The average Bonchev–Trinajstić information content (AvgIpc) is 2.70. The molecule has 0 radical (unpaired) electrons. The molecule has 2 heterocycles. The molecule has 3 nitrogen and oxygen atoms in total. The molecular weight excluding hydrogens is 309 g/mol. The van der Waals surface area contributed by atoms with E-state index < -0.39 is 11.9 Å². The highest BCUT2D eigenvalue weighted by Crippen LogP contribution is 2.34. The summed E-state index contributed by atoms with van der Waals surface area (Å²) in [6.07, 6.45) is -4.16. The Kier molecular flexibility index (Phi) is 2.95. The molecular formula is C8H6BrF3N2OS. The SMILES string of the molecule is O=C1CC(Br)CN1c1nc(C(F)(F)F)cs1. The zero-order valence-electron chi connectivity index (χ0n) is 7.79. The lowest BCUT2D eigenvalue weighted by atomic mass is 10.4. The van der Waals surface area contributed by atoms with E-state index in [9.17, 15) is 18.0 Å². The Bertz CT molecular complexity index is 420. The van der Waals surface area contributed by atoms with E-state index in [-0.39, 0.29) is 15.9 Å². The van der Waals surface area contributed by atoms with Crippen molar-refractivity contribution in [1.29, 1.82) is 0 Å². The summed E-state index contributed by atoms with van der Waals surface area (Å²) in [6.45, 7) is 0.365. The van der Waals surface area contributed by atoms with Gasteiger partial charge in [-0.25, -0.2) is 4.98 Å². The van der Waals surface area contributed by atoms with Crippen molar-refractivity contribution in [3.05, 3.63) is 11.1 Å². The van der Waals surface area contributed by atoms with Crippen LogP contribution in [-0.2, 0) is 11.0 Å². The Morgan fingerprint density at radius 3 is 2.69 bits per heavy atom. The molecule has 2 rings (SSSR count). The number of carbonyl (C=O) groups excluding carboxylic acids is 1. The number of nitrogens with zero attached hydrogens (tertiary/aromatic N) is 2. The predicted molar refractivity (Wildman–Crippen MR) is 56.8 cm³/mol. The predicted octanol–water partition coefficient (Wildman–Crippen LogP) is 2.66. The fourth-order valence-electron chi connectivity index (χ4n) is 1.37. The van der Waals surface area contributed by atoms with Crippen LogP contribution >= 0.6 is 27.3 Å². The Morgan fingerprint density at radius 2 is 2.25 bits per heavy atom. The topological polar surface area (TPSA) is 33.2 Å². The van der Waals surface area contributed by atoms with Gasteiger partial charge in [-0.3, -0.25) is 9.69 Å². The van der Waals surface area contributed by atoms with Gasteiger partial charge < -0.3 is 0 Å². The summed E-state index contributed by atoms with van der Waals surface area (Å²) in [5.74, 6) is -0.204. The second kappa shape index (κ2) is 3.99. The fourth-order valence-corrected chi connectivity index (χ4v) is 2.79. The summed E-state index contributed by atoms with van der Waals surface area (Å²) in [5.41, 5.74) is -0.946. The lowest BCUT2D eigenvalue weighted by Crippen LogP contribution is -2.24. The number of halogens is 4. The van der Waals surface area contributed by atoms with E-state index in [4.69, 9.17) is 0 Å². The van der Waals surface area contributed by atoms with Crippen molar-refractivity contribution >= 4 is 38.3 Å². The molecule has 1 amide bonds. The number of rotatable bonds is 1. The molecule has 1 aromatic rings. The number of carbonyl (C=O) groups is 1. The van der Waals surface area contributed by atoms with Crippen molar-refractivity contribution in [1.82, 2.24) is 4.98 Å². The van der Waals surface area contributed by atoms with Crippen LogP contribution in [-0.4, -0.2) is 22.3 Å². The molecule has 1 aromatic heterocycles. The first-order valence-corrected chi connectivity index (χ1v) is 6.14. The Hall–Kier alpha value is -0.630. The van der Waals surface area contributed by atoms with Crippen LogP contribution < -0.4 is 4.90 Å². The molecule has 0 bridgehead atoms. The molecule has 0 aromatic carbocycles. The van der Waals surface area contributed by atoms with Gasteiger partial charge >= 0.3 is 6.18 Å². The van der Waals surface area contributed by atoms with Gasteiger partial charge in [0, 0.05) is 23.2 Å². The van der Waals surface area contributed by atoms with Crippen LogP contribution in [0.2, 0.25) is 0 Å². The number of anilines is 1. The first-order chi connectivity index (χ1) is 7.38. The van der Waals surface area contributed by atoms with E-state index in [1.165, 1.54) is 4.90 Å². The number of amides is 1. The normalized spacial score (nSPS) is 21.9. The van der Waals surface area contributed by atoms with Crippen molar-refractivity contribution in [3.8, 4) is 0 Å². The lowest BCUT2D eigenvalue weighted by molar-refractivity contribution is -0.140. The third kappa shape index (κ3) is 2.22. The van der Waals surface area contributed by atoms with Crippen molar-refractivity contribution in [2.75, 3.05) is 11.4 Å². The molecule has 0 N–H and O–H groups in total. The minimum absolute atomic E-state index is 0.0155. The average molecular weight is 315 g/mol. The van der Waals surface area contributed by atoms with Crippen molar-refractivity contribution < 1.29 is 18.0 Å². The molecule has 0 spiro atoms. The number of alkyl halides is 4. The maximum absolute atomic E-state index is 12.3. The van der Waals surface area contributed by atoms with E-state index in [1.54, 1.807) is 0 Å². The minimum atomic E-state index is -4.45. The summed E-state index contributed by atoms with van der Waals surface area (Å²) in [7, 11) is 0. The summed E-state index contributed by atoms with van der Waals surface area (Å²) in [4.78, 5) is 16.1. The highest BCUT2D eigenvalue weighted by Gasteiger charge is 2.36. The molecule has 1 saturated heterocycles. The van der Waals surface area contributed by atoms with Crippen LogP contribution in [0.15, 0.2) is 5.38 Å². The van der Waals surface area contributed by atoms with Gasteiger partial charge in [0.1, 0.15) is 0 Å². The Morgan fingerprint density at radius 1 is 1.56 bits per heavy atom. The zero-order chi connectivity index (χ0) is 11.9. The van der Waals surface area contributed by atoms with Crippen LogP contribution in [0.1, 0.15) is 12.1 Å². The maximum Gasteiger partial charge on any atom is 0.434 e. The summed E-state index contributed by atoms with van der Waals surface area (Å²) in [6, 6.07) is 0. The lowest BCUT2D eigenvalue weighted by Gasteiger charge is -2.11. The largest absolute Gasteiger partial charge is 0.434 e. The summed E-state index contributed by atoms with van der Waals surface area (Å²) < 4.78 is 36.9. The molecule has 1 unspecified atom stereocenters. The van der Waals surface area contributed by atoms with E-state index in [0.29, 0.717) is 13.0 Å². The highest BCUT2D eigenvalue weighted by atomic mass is 79.9. The number of thiazole rings is 1. The maximum atomic E-state index is 12.3. The van der Waals surface area contributed by atoms with Gasteiger partial charge in [0.15, 0.2) is 10.8 Å². The number of hydrogen-bond acceptors (Lipinski definition) is 3.